The van der Waals surface area contributed by atoms with E-state index in [4.69, 9.17) is 0 Å². The second-order valence-corrected chi connectivity index (χ2v) is 4.87. The molecule has 1 saturated carbocycles. The molecule has 0 aliphatic heterocycles. The van der Waals surface area contributed by atoms with Crippen LogP contribution in [0.1, 0.15) is 23.0 Å². The maximum atomic E-state index is 11.6. The lowest BCUT2D eigenvalue weighted by molar-refractivity contribution is 0.0952. The number of hydrogen-bond acceptors (Lipinski definition) is 3. The number of carbonyl (C=O) groups excluding carboxylic acids is 1. The van der Waals surface area contributed by atoms with E-state index in [0.717, 1.165) is 6.42 Å². The van der Waals surface area contributed by atoms with Crippen LogP contribution in [0.15, 0.2) is 10.1 Å². The van der Waals surface area contributed by atoms with Crippen molar-refractivity contribution >= 4 is 33.2 Å². The van der Waals surface area contributed by atoms with E-state index in [0.29, 0.717) is 21.4 Å². The molecule has 2 atom stereocenters. The summed E-state index contributed by atoms with van der Waals surface area (Å²) in [6, 6.07) is 0.376. The summed E-state index contributed by atoms with van der Waals surface area (Å²) in [5, 5.41) is 2.95. The van der Waals surface area contributed by atoms with Crippen LogP contribution >= 0.6 is 27.3 Å². The van der Waals surface area contributed by atoms with Crippen LogP contribution in [0.4, 0.5) is 0 Å². The molecular formula is C8H9BrN2OS. The Morgan fingerprint density at radius 2 is 2.54 bits per heavy atom. The molecule has 1 amide bonds. The quantitative estimate of drug-likeness (QED) is 0.885. The standard InChI is InChI=1S/C8H9BrN2OS/c1-4-2-5(4)11-8(12)6-7(9)10-3-13-6/h3-5H,2H2,1H3,(H,11,12)/t4-,5-/m1/s1. The number of hydrogen-bond donors (Lipinski definition) is 1. The molecule has 1 aliphatic rings. The zero-order valence-electron chi connectivity index (χ0n) is 7.08. The van der Waals surface area contributed by atoms with E-state index in [1.165, 1.54) is 11.3 Å². The Bertz CT molecular complexity index is 339. The number of nitrogens with one attached hydrogen (secondary N) is 1. The van der Waals surface area contributed by atoms with E-state index in [2.05, 4.69) is 33.2 Å². The largest absolute Gasteiger partial charge is 0.348 e. The number of thiazole rings is 1. The predicted octanol–water partition coefficient (Wildman–Crippen LogP) is 2.04. The topological polar surface area (TPSA) is 42.0 Å². The third kappa shape index (κ3) is 1.91. The second kappa shape index (κ2) is 3.38. The van der Waals surface area contributed by atoms with Crippen molar-refractivity contribution in [3.63, 3.8) is 0 Å². The van der Waals surface area contributed by atoms with Gasteiger partial charge in [0, 0.05) is 6.04 Å². The molecule has 0 unspecified atom stereocenters. The van der Waals surface area contributed by atoms with Crippen molar-refractivity contribution in [2.45, 2.75) is 19.4 Å². The lowest BCUT2D eigenvalue weighted by Crippen LogP contribution is -2.25. The van der Waals surface area contributed by atoms with Crippen molar-refractivity contribution in [2.75, 3.05) is 0 Å². The van der Waals surface area contributed by atoms with Crippen molar-refractivity contribution in [1.82, 2.24) is 10.3 Å². The van der Waals surface area contributed by atoms with Crippen molar-refractivity contribution < 1.29 is 4.79 Å². The molecule has 0 aromatic carbocycles. The van der Waals surface area contributed by atoms with Crippen LogP contribution in [0, 0.1) is 5.92 Å². The summed E-state index contributed by atoms with van der Waals surface area (Å²) in [6.07, 6.45) is 1.10. The zero-order valence-corrected chi connectivity index (χ0v) is 9.48. The molecule has 3 nitrogen and oxygen atoms in total. The van der Waals surface area contributed by atoms with Gasteiger partial charge in [-0.15, -0.1) is 11.3 Å². The Labute approximate surface area is 88.7 Å². The molecule has 1 aliphatic carbocycles. The van der Waals surface area contributed by atoms with Gasteiger partial charge in [-0.25, -0.2) is 4.98 Å². The fourth-order valence-corrected chi connectivity index (χ4v) is 2.41. The molecule has 70 valence electrons. The van der Waals surface area contributed by atoms with Gasteiger partial charge in [0.05, 0.1) is 5.51 Å². The van der Waals surface area contributed by atoms with Crippen LogP contribution in [-0.2, 0) is 0 Å². The number of carbonyl (C=O) groups is 1. The molecule has 1 aromatic heterocycles. The fraction of sp³-hybridized carbons (Fsp3) is 0.500. The van der Waals surface area contributed by atoms with E-state index in [1.807, 2.05) is 0 Å². The normalized spacial score (nSPS) is 25.7. The molecule has 0 spiro atoms. The molecule has 1 aromatic rings. The Morgan fingerprint density at radius 3 is 3.00 bits per heavy atom. The first-order valence-corrected chi connectivity index (χ1v) is 5.75. The van der Waals surface area contributed by atoms with Crippen LogP contribution in [-0.4, -0.2) is 16.9 Å². The highest BCUT2D eigenvalue weighted by Gasteiger charge is 2.34. The minimum absolute atomic E-state index is 0.0104. The highest BCUT2D eigenvalue weighted by molar-refractivity contribution is 9.10. The SMILES string of the molecule is C[C@@H]1C[C@H]1NC(=O)c1scnc1Br. The molecule has 0 radical (unpaired) electrons. The van der Waals surface area contributed by atoms with Gasteiger partial charge in [-0.1, -0.05) is 6.92 Å². The molecular weight excluding hydrogens is 252 g/mol. The predicted molar refractivity (Wildman–Crippen MR) is 54.8 cm³/mol. The Morgan fingerprint density at radius 1 is 1.85 bits per heavy atom. The van der Waals surface area contributed by atoms with Gasteiger partial charge < -0.3 is 5.32 Å². The first-order valence-electron chi connectivity index (χ1n) is 4.08. The summed E-state index contributed by atoms with van der Waals surface area (Å²) in [4.78, 5) is 16.2. The maximum absolute atomic E-state index is 11.6. The van der Waals surface area contributed by atoms with Gasteiger partial charge in [0.15, 0.2) is 0 Å². The van der Waals surface area contributed by atoms with Crippen LogP contribution in [0.3, 0.4) is 0 Å². The lowest BCUT2D eigenvalue weighted by Gasteiger charge is -2.00. The third-order valence-electron chi connectivity index (χ3n) is 2.16. The van der Waals surface area contributed by atoms with E-state index >= 15 is 0 Å². The molecule has 0 bridgehead atoms. The maximum Gasteiger partial charge on any atom is 0.264 e. The van der Waals surface area contributed by atoms with E-state index in [9.17, 15) is 4.79 Å². The van der Waals surface area contributed by atoms with Gasteiger partial charge in [-0.2, -0.15) is 0 Å². The molecule has 1 N–H and O–H groups in total. The van der Waals surface area contributed by atoms with Gasteiger partial charge in [-0.3, -0.25) is 4.79 Å². The van der Waals surface area contributed by atoms with Crippen LogP contribution in [0.5, 0.6) is 0 Å². The van der Waals surface area contributed by atoms with Crippen LogP contribution in [0.2, 0.25) is 0 Å². The van der Waals surface area contributed by atoms with Crippen LogP contribution < -0.4 is 5.32 Å². The average molecular weight is 261 g/mol. The summed E-state index contributed by atoms with van der Waals surface area (Å²) in [5.41, 5.74) is 1.66. The van der Waals surface area contributed by atoms with Crippen molar-refractivity contribution in [1.29, 1.82) is 0 Å². The smallest absolute Gasteiger partial charge is 0.264 e. The van der Waals surface area contributed by atoms with E-state index in [1.54, 1.807) is 5.51 Å². The number of nitrogens with zero attached hydrogens (tertiary/aromatic N) is 1. The summed E-state index contributed by atoms with van der Waals surface area (Å²) >= 11 is 4.59. The fourth-order valence-electron chi connectivity index (χ4n) is 1.14. The van der Waals surface area contributed by atoms with Gasteiger partial charge in [0.25, 0.3) is 5.91 Å². The average Bonchev–Trinajstić information content (AvgIpc) is 2.62. The van der Waals surface area contributed by atoms with E-state index in [-0.39, 0.29) is 5.91 Å². The minimum Gasteiger partial charge on any atom is -0.348 e. The number of amides is 1. The van der Waals surface area contributed by atoms with Gasteiger partial charge >= 0.3 is 0 Å². The third-order valence-corrected chi connectivity index (χ3v) is 3.85. The minimum atomic E-state index is -0.0104. The Kier molecular flexibility index (Phi) is 2.38. The highest BCUT2D eigenvalue weighted by atomic mass is 79.9. The number of rotatable bonds is 2. The van der Waals surface area contributed by atoms with Gasteiger partial charge in [0.1, 0.15) is 9.48 Å². The van der Waals surface area contributed by atoms with Crippen molar-refractivity contribution in [3.05, 3.63) is 15.0 Å². The summed E-state index contributed by atoms with van der Waals surface area (Å²) < 4.78 is 0.642. The molecule has 2 rings (SSSR count). The highest BCUT2D eigenvalue weighted by Crippen LogP contribution is 2.30. The molecule has 13 heavy (non-hydrogen) atoms. The first kappa shape index (κ1) is 9.15. The molecule has 1 heterocycles. The number of halogens is 1. The molecule has 0 saturated heterocycles. The summed E-state index contributed by atoms with van der Waals surface area (Å²) in [5.74, 6) is 0.624. The Balaban J connectivity index is 2.01. The molecule has 5 heteroatoms. The van der Waals surface area contributed by atoms with Crippen molar-refractivity contribution in [2.24, 2.45) is 5.92 Å². The molecule has 1 fully saturated rings. The zero-order chi connectivity index (χ0) is 9.42. The summed E-state index contributed by atoms with van der Waals surface area (Å²) in [7, 11) is 0. The van der Waals surface area contributed by atoms with Crippen molar-refractivity contribution in [3.8, 4) is 0 Å². The van der Waals surface area contributed by atoms with E-state index < -0.39 is 0 Å². The first-order chi connectivity index (χ1) is 6.18. The second-order valence-electron chi connectivity index (χ2n) is 3.27. The number of aromatic nitrogens is 1. The Hall–Kier alpha value is -0.420. The van der Waals surface area contributed by atoms with Gasteiger partial charge in [-0.05, 0) is 28.3 Å². The monoisotopic (exact) mass is 260 g/mol. The van der Waals surface area contributed by atoms with Crippen LogP contribution in [0.25, 0.3) is 0 Å². The lowest BCUT2D eigenvalue weighted by atomic mass is 10.4. The summed E-state index contributed by atoms with van der Waals surface area (Å²) in [6.45, 7) is 2.13. The van der Waals surface area contributed by atoms with Gasteiger partial charge in [0.2, 0.25) is 0 Å².